The van der Waals surface area contributed by atoms with Crippen LogP contribution >= 0.6 is 11.8 Å². The lowest BCUT2D eigenvalue weighted by atomic mass is 10.0. The second-order valence-electron chi connectivity index (χ2n) is 4.65. The normalized spacial score (nSPS) is 19.6. The highest BCUT2D eigenvalue weighted by Gasteiger charge is 2.26. The van der Waals surface area contributed by atoms with Crippen LogP contribution in [-0.2, 0) is 0 Å². The lowest BCUT2D eigenvalue weighted by Gasteiger charge is -2.18. The van der Waals surface area contributed by atoms with Crippen LogP contribution in [-0.4, -0.2) is 10.4 Å². The standard InChI is InChI=1S/C16H16N2S/c1-12(13-8-4-2-5-9-13)15-17-18-16(19-15)14-10-6-3-7-11-14/h2-12,15,17H,1H3/t12-,15-/m1/s1. The van der Waals surface area contributed by atoms with Gasteiger partial charge in [-0.1, -0.05) is 79.3 Å². The summed E-state index contributed by atoms with van der Waals surface area (Å²) in [7, 11) is 0. The Labute approximate surface area is 117 Å². The Morgan fingerprint density at radius 2 is 1.63 bits per heavy atom. The van der Waals surface area contributed by atoms with Crippen molar-refractivity contribution in [1.82, 2.24) is 5.43 Å². The average molecular weight is 268 g/mol. The number of nitrogens with zero attached hydrogens (tertiary/aromatic N) is 1. The minimum absolute atomic E-state index is 0.303. The molecule has 0 saturated heterocycles. The van der Waals surface area contributed by atoms with Gasteiger partial charge in [-0.05, 0) is 5.56 Å². The third-order valence-electron chi connectivity index (χ3n) is 3.33. The first-order valence-corrected chi connectivity index (χ1v) is 7.33. The van der Waals surface area contributed by atoms with Gasteiger partial charge in [0.05, 0.1) is 0 Å². The number of hydrogen-bond donors (Lipinski definition) is 1. The Morgan fingerprint density at radius 3 is 2.32 bits per heavy atom. The van der Waals surface area contributed by atoms with Gasteiger partial charge in [0.2, 0.25) is 0 Å². The van der Waals surface area contributed by atoms with Crippen LogP contribution < -0.4 is 5.43 Å². The van der Waals surface area contributed by atoms with E-state index in [-0.39, 0.29) is 0 Å². The summed E-state index contributed by atoms with van der Waals surface area (Å²) in [6, 6.07) is 20.9. The zero-order valence-corrected chi connectivity index (χ0v) is 11.6. The van der Waals surface area contributed by atoms with E-state index in [1.165, 1.54) is 11.1 Å². The molecule has 1 heterocycles. The first-order chi connectivity index (χ1) is 9.34. The number of nitrogens with one attached hydrogen (secondary N) is 1. The maximum atomic E-state index is 4.46. The molecule has 1 aliphatic heterocycles. The van der Waals surface area contributed by atoms with Crippen molar-refractivity contribution >= 4 is 16.8 Å². The van der Waals surface area contributed by atoms with E-state index in [2.05, 4.69) is 59.9 Å². The minimum Gasteiger partial charge on any atom is -0.295 e. The van der Waals surface area contributed by atoms with Crippen molar-refractivity contribution in [3.8, 4) is 0 Å². The van der Waals surface area contributed by atoms with Gasteiger partial charge >= 0.3 is 0 Å². The van der Waals surface area contributed by atoms with E-state index in [9.17, 15) is 0 Å². The molecule has 1 N–H and O–H groups in total. The fourth-order valence-electron chi connectivity index (χ4n) is 2.15. The Bertz CT molecular complexity index is 566. The Hall–Kier alpha value is -1.74. The van der Waals surface area contributed by atoms with E-state index in [1.807, 2.05) is 18.2 Å². The fourth-order valence-corrected chi connectivity index (χ4v) is 3.24. The predicted molar refractivity (Wildman–Crippen MR) is 82.4 cm³/mol. The SMILES string of the molecule is C[C@H](c1ccccc1)[C@@H]1NN=C(c2ccccc2)S1. The first-order valence-electron chi connectivity index (χ1n) is 6.45. The van der Waals surface area contributed by atoms with Crippen LogP contribution in [0.15, 0.2) is 65.8 Å². The quantitative estimate of drug-likeness (QED) is 0.915. The molecular weight excluding hydrogens is 252 g/mol. The van der Waals surface area contributed by atoms with Crippen molar-refractivity contribution in [2.45, 2.75) is 18.2 Å². The molecule has 0 amide bonds. The van der Waals surface area contributed by atoms with Gasteiger partial charge in [-0.3, -0.25) is 5.43 Å². The Kier molecular flexibility index (Phi) is 3.56. The summed E-state index contributed by atoms with van der Waals surface area (Å²) in [6.45, 7) is 2.24. The molecule has 1 aliphatic rings. The molecule has 0 aromatic heterocycles. The third-order valence-corrected chi connectivity index (χ3v) is 4.65. The highest BCUT2D eigenvalue weighted by molar-refractivity contribution is 8.15. The highest BCUT2D eigenvalue weighted by atomic mass is 32.2. The first kappa shape index (κ1) is 12.3. The Balaban J connectivity index is 1.72. The molecule has 3 heteroatoms. The van der Waals surface area contributed by atoms with Crippen LogP contribution in [0.25, 0.3) is 0 Å². The van der Waals surface area contributed by atoms with Gasteiger partial charge in [0.1, 0.15) is 10.4 Å². The fraction of sp³-hybridized carbons (Fsp3) is 0.188. The topological polar surface area (TPSA) is 24.4 Å². The van der Waals surface area contributed by atoms with E-state index in [0.29, 0.717) is 11.3 Å². The van der Waals surface area contributed by atoms with Gasteiger partial charge in [0, 0.05) is 11.5 Å². The zero-order chi connectivity index (χ0) is 13.1. The number of rotatable bonds is 3. The van der Waals surface area contributed by atoms with Crippen molar-refractivity contribution in [3.05, 3.63) is 71.8 Å². The largest absolute Gasteiger partial charge is 0.295 e. The van der Waals surface area contributed by atoms with Crippen molar-refractivity contribution in [2.24, 2.45) is 5.10 Å². The molecule has 0 aliphatic carbocycles. The molecule has 2 nitrogen and oxygen atoms in total. The van der Waals surface area contributed by atoms with Gasteiger partial charge in [-0.25, -0.2) is 0 Å². The van der Waals surface area contributed by atoms with Gasteiger partial charge in [-0.15, -0.1) is 0 Å². The maximum absolute atomic E-state index is 4.46. The number of hydrogen-bond acceptors (Lipinski definition) is 3. The molecule has 0 radical (unpaired) electrons. The van der Waals surface area contributed by atoms with Crippen LogP contribution in [0.4, 0.5) is 0 Å². The molecule has 0 fully saturated rings. The molecule has 2 aromatic rings. The van der Waals surface area contributed by atoms with E-state index in [1.54, 1.807) is 11.8 Å². The maximum Gasteiger partial charge on any atom is 0.125 e. The molecule has 2 atom stereocenters. The van der Waals surface area contributed by atoms with Crippen molar-refractivity contribution < 1.29 is 0 Å². The van der Waals surface area contributed by atoms with Gasteiger partial charge < -0.3 is 0 Å². The average Bonchev–Trinajstić information content (AvgIpc) is 2.98. The van der Waals surface area contributed by atoms with Crippen LogP contribution in [0.3, 0.4) is 0 Å². The number of benzene rings is 2. The van der Waals surface area contributed by atoms with Crippen LogP contribution in [0.5, 0.6) is 0 Å². The van der Waals surface area contributed by atoms with Crippen LogP contribution in [0, 0.1) is 0 Å². The molecule has 3 rings (SSSR count). The van der Waals surface area contributed by atoms with Crippen molar-refractivity contribution in [2.75, 3.05) is 0 Å². The summed E-state index contributed by atoms with van der Waals surface area (Å²) >= 11 is 1.81. The van der Waals surface area contributed by atoms with E-state index < -0.39 is 0 Å². The smallest absolute Gasteiger partial charge is 0.125 e. The zero-order valence-electron chi connectivity index (χ0n) is 10.8. The lowest BCUT2D eigenvalue weighted by molar-refractivity contribution is 0.609. The molecule has 0 saturated carbocycles. The molecule has 0 spiro atoms. The minimum atomic E-state index is 0.303. The monoisotopic (exact) mass is 268 g/mol. The van der Waals surface area contributed by atoms with Crippen molar-refractivity contribution in [3.63, 3.8) is 0 Å². The van der Waals surface area contributed by atoms with Crippen molar-refractivity contribution in [1.29, 1.82) is 0 Å². The molecular formula is C16H16N2S. The molecule has 0 unspecified atom stereocenters. The second-order valence-corrected chi connectivity index (χ2v) is 5.78. The summed E-state index contributed by atoms with van der Waals surface area (Å²) in [5, 5.41) is 5.84. The summed E-state index contributed by atoms with van der Waals surface area (Å²) in [5.41, 5.74) is 5.78. The molecule has 0 bridgehead atoms. The van der Waals surface area contributed by atoms with E-state index in [0.717, 1.165) is 5.04 Å². The molecule has 19 heavy (non-hydrogen) atoms. The summed E-state index contributed by atoms with van der Waals surface area (Å²) < 4.78 is 0. The third kappa shape index (κ3) is 2.66. The summed E-state index contributed by atoms with van der Waals surface area (Å²) in [6.07, 6.45) is 0. The van der Waals surface area contributed by atoms with E-state index in [4.69, 9.17) is 0 Å². The lowest BCUT2D eigenvalue weighted by Crippen LogP contribution is -2.22. The van der Waals surface area contributed by atoms with Gasteiger partial charge in [0.15, 0.2) is 0 Å². The molecule has 96 valence electrons. The predicted octanol–water partition coefficient (Wildman–Crippen LogP) is 3.81. The Morgan fingerprint density at radius 1 is 1.00 bits per heavy atom. The molecule has 2 aromatic carbocycles. The van der Waals surface area contributed by atoms with Crippen LogP contribution in [0.1, 0.15) is 24.0 Å². The summed E-state index contributed by atoms with van der Waals surface area (Å²) in [5.74, 6) is 0.427. The highest BCUT2D eigenvalue weighted by Crippen LogP contribution is 2.32. The van der Waals surface area contributed by atoms with Crippen LogP contribution in [0.2, 0.25) is 0 Å². The number of hydrazone groups is 1. The second kappa shape index (κ2) is 5.49. The van der Waals surface area contributed by atoms with E-state index >= 15 is 0 Å². The van der Waals surface area contributed by atoms with Gasteiger partial charge in [0.25, 0.3) is 0 Å². The van der Waals surface area contributed by atoms with Gasteiger partial charge in [-0.2, -0.15) is 5.10 Å². The number of thioether (sulfide) groups is 1. The summed E-state index contributed by atoms with van der Waals surface area (Å²) in [4.78, 5) is 0.